The lowest BCUT2D eigenvalue weighted by Gasteiger charge is -2.14. The molecule has 0 saturated heterocycles. The second kappa shape index (κ2) is 9.67. The van der Waals surface area contributed by atoms with E-state index < -0.39 is 0 Å². The van der Waals surface area contributed by atoms with E-state index in [2.05, 4.69) is 0 Å². The molecule has 0 N–H and O–H groups in total. The highest BCUT2D eigenvalue weighted by Gasteiger charge is 2.13. The van der Waals surface area contributed by atoms with Crippen molar-refractivity contribution < 1.29 is 9.47 Å². The van der Waals surface area contributed by atoms with Crippen LogP contribution in [0.5, 0.6) is 11.5 Å². The number of aromatic nitrogens is 2. The quantitative estimate of drug-likeness (QED) is 0.339. The minimum Gasteiger partial charge on any atom is -0.493 e. The van der Waals surface area contributed by atoms with E-state index in [0.717, 1.165) is 24.2 Å². The van der Waals surface area contributed by atoms with Crippen LogP contribution < -0.4 is 15.0 Å². The van der Waals surface area contributed by atoms with Gasteiger partial charge in [-0.15, -0.1) is 0 Å². The van der Waals surface area contributed by atoms with Crippen LogP contribution in [-0.2, 0) is 6.54 Å². The lowest BCUT2D eigenvalue weighted by atomic mass is 10.1. The number of ether oxygens (including phenoxy) is 2. The summed E-state index contributed by atoms with van der Waals surface area (Å²) in [5.41, 5.74) is 1.51. The van der Waals surface area contributed by atoms with E-state index in [9.17, 15) is 4.79 Å². The summed E-state index contributed by atoms with van der Waals surface area (Å²) in [4.78, 5) is 18.0. The lowest BCUT2D eigenvalue weighted by molar-refractivity contribution is 0.283. The number of fused-ring (bicyclic) bond motifs is 1. The third kappa shape index (κ3) is 4.72. The molecule has 0 spiro atoms. The minimum absolute atomic E-state index is 0.0406. The van der Waals surface area contributed by atoms with E-state index >= 15 is 0 Å². The number of hydrogen-bond acceptors (Lipinski definition) is 4. The first-order valence-electron chi connectivity index (χ1n) is 10.2. The van der Waals surface area contributed by atoms with Crippen molar-refractivity contribution in [2.24, 2.45) is 0 Å². The molecule has 1 heterocycles. The van der Waals surface area contributed by atoms with Gasteiger partial charge in [0.2, 0.25) is 0 Å². The maximum atomic E-state index is 13.2. The van der Waals surface area contributed by atoms with Crippen molar-refractivity contribution in [3.8, 4) is 22.9 Å². The van der Waals surface area contributed by atoms with Crippen molar-refractivity contribution >= 4 is 22.5 Å². The highest BCUT2D eigenvalue weighted by atomic mass is 35.5. The van der Waals surface area contributed by atoms with E-state index in [1.807, 2.05) is 72.8 Å². The third-order valence-corrected chi connectivity index (χ3v) is 5.32. The summed E-state index contributed by atoms with van der Waals surface area (Å²) in [6.45, 7) is 1.08. The normalized spacial score (nSPS) is 10.9. The van der Waals surface area contributed by atoms with Crippen molar-refractivity contribution in [3.05, 3.63) is 88.2 Å². The fourth-order valence-corrected chi connectivity index (χ4v) is 3.61. The summed E-state index contributed by atoms with van der Waals surface area (Å²) in [5.74, 6) is 2.07. The van der Waals surface area contributed by atoms with Crippen LogP contribution >= 0.6 is 11.6 Å². The maximum Gasteiger partial charge on any atom is 0.261 e. The van der Waals surface area contributed by atoms with Crippen molar-refractivity contribution in [1.82, 2.24) is 9.55 Å². The number of methoxy groups -OCH3 is 1. The van der Waals surface area contributed by atoms with Gasteiger partial charge in [-0.05, 0) is 61.4 Å². The van der Waals surface area contributed by atoms with Gasteiger partial charge >= 0.3 is 0 Å². The van der Waals surface area contributed by atoms with Gasteiger partial charge in [0, 0.05) is 17.1 Å². The molecular formula is C25H23ClN2O3. The van der Waals surface area contributed by atoms with Crippen molar-refractivity contribution in [1.29, 1.82) is 0 Å². The van der Waals surface area contributed by atoms with Crippen LogP contribution in [0.1, 0.15) is 12.8 Å². The van der Waals surface area contributed by atoms with E-state index in [1.165, 1.54) is 0 Å². The van der Waals surface area contributed by atoms with Gasteiger partial charge in [-0.3, -0.25) is 9.36 Å². The molecule has 0 aliphatic rings. The van der Waals surface area contributed by atoms with Gasteiger partial charge in [-0.1, -0.05) is 35.9 Å². The Morgan fingerprint density at radius 2 is 1.61 bits per heavy atom. The van der Waals surface area contributed by atoms with Crippen LogP contribution in [0.15, 0.2) is 77.6 Å². The molecular weight excluding hydrogens is 412 g/mol. The maximum absolute atomic E-state index is 13.2. The smallest absolute Gasteiger partial charge is 0.261 e. The van der Waals surface area contributed by atoms with Gasteiger partial charge < -0.3 is 9.47 Å². The molecule has 4 rings (SSSR count). The molecule has 0 amide bonds. The first-order chi connectivity index (χ1) is 15.2. The number of nitrogens with zero attached hydrogens (tertiary/aromatic N) is 2. The summed E-state index contributed by atoms with van der Waals surface area (Å²) >= 11 is 6.04. The Bertz CT molecular complexity index is 1240. The molecule has 0 bridgehead atoms. The van der Waals surface area contributed by atoms with Crippen molar-refractivity contribution in [2.45, 2.75) is 19.4 Å². The number of hydrogen-bond donors (Lipinski definition) is 0. The lowest BCUT2D eigenvalue weighted by Crippen LogP contribution is -2.24. The molecule has 4 aromatic rings. The van der Waals surface area contributed by atoms with Crippen LogP contribution in [0.3, 0.4) is 0 Å². The Kier molecular flexibility index (Phi) is 6.53. The number of benzene rings is 3. The summed E-state index contributed by atoms with van der Waals surface area (Å²) in [6, 6.07) is 22.4. The third-order valence-electron chi connectivity index (χ3n) is 5.07. The van der Waals surface area contributed by atoms with Crippen molar-refractivity contribution in [2.75, 3.05) is 13.7 Å². The Balaban J connectivity index is 1.53. The standard InChI is InChI=1S/C25H23ClN2O3/c1-30-22-10-4-5-11-23(22)31-17-7-6-16-28-24(18-12-14-19(26)15-13-18)27-21-9-3-2-8-20(21)25(28)29/h2-5,8-15H,6-7,16-17H2,1H3. The molecule has 0 radical (unpaired) electrons. The van der Waals surface area contributed by atoms with E-state index in [-0.39, 0.29) is 5.56 Å². The zero-order valence-electron chi connectivity index (χ0n) is 17.3. The molecule has 6 heteroatoms. The van der Waals surface area contributed by atoms with Gasteiger partial charge in [0.05, 0.1) is 24.6 Å². The van der Waals surface area contributed by atoms with Crippen LogP contribution in [0, 0.1) is 0 Å². The summed E-state index contributed by atoms with van der Waals surface area (Å²) in [6.07, 6.45) is 1.56. The van der Waals surface area contributed by atoms with E-state index in [4.69, 9.17) is 26.1 Å². The summed E-state index contributed by atoms with van der Waals surface area (Å²) < 4.78 is 12.9. The number of halogens is 1. The Labute approximate surface area is 185 Å². The zero-order chi connectivity index (χ0) is 21.6. The largest absolute Gasteiger partial charge is 0.493 e. The van der Waals surface area contributed by atoms with Gasteiger partial charge in [0.1, 0.15) is 5.82 Å². The molecule has 0 fully saturated rings. The molecule has 1 aromatic heterocycles. The SMILES string of the molecule is COc1ccccc1OCCCCn1c(-c2ccc(Cl)cc2)nc2ccccc2c1=O. The average Bonchev–Trinajstić information content (AvgIpc) is 2.81. The molecule has 0 unspecified atom stereocenters. The molecule has 0 atom stereocenters. The average molecular weight is 435 g/mol. The fraction of sp³-hybridized carbons (Fsp3) is 0.200. The molecule has 31 heavy (non-hydrogen) atoms. The fourth-order valence-electron chi connectivity index (χ4n) is 3.49. The van der Waals surface area contributed by atoms with Crippen LogP contribution in [-0.4, -0.2) is 23.3 Å². The topological polar surface area (TPSA) is 53.4 Å². The molecule has 3 aromatic carbocycles. The zero-order valence-corrected chi connectivity index (χ0v) is 18.0. The predicted molar refractivity (Wildman–Crippen MR) is 124 cm³/mol. The molecule has 5 nitrogen and oxygen atoms in total. The highest BCUT2D eigenvalue weighted by molar-refractivity contribution is 6.30. The predicted octanol–water partition coefficient (Wildman–Crippen LogP) is 5.58. The van der Waals surface area contributed by atoms with E-state index in [1.54, 1.807) is 11.7 Å². The van der Waals surface area contributed by atoms with E-state index in [0.29, 0.717) is 40.7 Å². The van der Waals surface area contributed by atoms with Gasteiger partial charge in [-0.2, -0.15) is 0 Å². The summed E-state index contributed by atoms with van der Waals surface area (Å²) in [7, 11) is 1.62. The summed E-state index contributed by atoms with van der Waals surface area (Å²) in [5, 5.41) is 1.26. The first kappa shape index (κ1) is 20.9. The monoisotopic (exact) mass is 434 g/mol. The van der Waals surface area contributed by atoms with Crippen LogP contribution in [0.2, 0.25) is 5.02 Å². The number of para-hydroxylation sites is 3. The molecule has 0 saturated carbocycles. The Morgan fingerprint density at radius 3 is 2.39 bits per heavy atom. The molecule has 0 aliphatic carbocycles. The Morgan fingerprint density at radius 1 is 0.903 bits per heavy atom. The van der Waals surface area contributed by atoms with Crippen LogP contribution in [0.25, 0.3) is 22.3 Å². The Hall–Kier alpha value is -3.31. The molecule has 158 valence electrons. The second-order valence-electron chi connectivity index (χ2n) is 7.12. The van der Waals surface area contributed by atoms with Gasteiger partial charge in [-0.25, -0.2) is 4.98 Å². The van der Waals surface area contributed by atoms with Crippen LogP contribution in [0.4, 0.5) is 0 Å². The minimum atomic E-state index is -0.0406. The van der Waals surface area contributed by atoms with Crippen molar-refractivity contribution in [3.63, 3.8) is 0 Å². The number of unbranched alkanes of at least 4 members (excludes halogenated alkanes) is 1. The van der Waals surface area contributed by atoms with Gasteiger partial charge in [0.15, 0.2) is 11.5 Å². The molecule has 0 aliphatic heterocycles. The number of rotatable bonds is 8. The second-order valence-corrected chi connectivity index (χ2v) is 7.56. The van der Waals surface area contributed by atoms with Gasteiger partial charge in [0.25, 0.3) is 5.56 Å². The first-order valence-corrected chi connectivity index (χ1v) is 10.6. The highest BCUT2D eigenvalue weighted by Crippen LogP contribution is 2.26.